The summed E-state index contributed by atoms with van der Waals surface area (Å²) in [5, 5.41) is 11.7. The van der Waals surface area contributed by atoms with Crippen LogP contribution in [0.2, 0.25) is 20.1 Å². The smallest absolute Gasteiger partial charge is 0.450 e. The Morgan fingerprint density at radius 3 is 1.01 bits per heavy atom. The SMILES string of the molecule is CN(CCOc1ccc(CC(CCc2ccc(C(=O)O)cc2)C(=O)C(F)(F)F)cc1)CC(c1ccc(Cl)cc1)c1ccc(Cl)cc1.Cc1ccc(CCC(Cc2ccc(OCCN(C)CC(c3ccc(Cl)cc3)c3ccc(Cl)cc3)cc2)C(=O)C(F)(F)F)cc1. The molecule has 2 unspecified atom stereocenters. The van der Waals surface area contributed by atoms with Crippen LogP contribution in [-0.2, 0) is 35.3 Å². The minimum atomic E-state index is -4.95. The molecule has 0 aliphatic heterocycles. The van der Waals surface area contributed by atoms with Crippen molar-refractivity contribution in [2.24, 2.45) is 11.8 Å². The fourth-order valence-electron chi connectivity index (χ4n) is 10.4. The van der Waals surface area contributed by atoms with Gasteiger partial charge >= 0.3 is 18.3 Å². The number of hydrogen-bond acceptors (Lipinski definition) is 7. The summed E-state index contributed by atoms with van der Waals surface area (Å²) in [6, 6.07) is 58.4. The van der Waals surface area contributed by atoms with Crippen LogP contribution in [0.15, 0.2) is 194 Å². The molecule has 8 aromatic carbocycles. The molecule has 0 aromatic heterocycles. The minimum Gasteiger partial charge on any atom is -0.492 e. The van der Waals surface area contributed by atoms with Crippen molar-refractivity contribution in [1.82, 2.24) is 9.80 Å². The standard InChI is InChI=1S/C36H34Cl2F3NO4.C36H36Cl2F3NO2/c1-42(23-33(26-10-14-30(37)15-11-26)27-12-16-31(38)17-13-27)20-21-46-32-18-5-25(6-19-32)22-29(34(43)36(39,40)41)9-4-24-2-7-28(8-3-24)35(44)45;1-25-3-5-26(6-4-25)7-10-30(35(43)36(39,40)41)23-27-8-19-33(20-9-27)44-22-21-42(2)24-34(28-11-15-31(37)16-12-28)29-13-17-32(38)18-14-29/h2-3,5-8,10-19,29,33H,4,9,20-23H2,1H3,(H,44,45);3-6,8-9,11-20,30,34H,7,10,21-24H2,1-2H3. The van der Waals surface area contributed by atoms with Gasteiger partial charge in [-0.3, -0.25) is 9.59 Å². The van der Waals surface area contributed by atoms with Crippen molar-refractivity contribution < 1.29 is 55.3 Å². The van der Waals surface area contributed by atoms with E-state index in [0.29, 0.717) is 87.5 Å². The number of likely N-dealkylation sites (N-methyl/N-ethyl adjacent to an activating group) is 2. The normalized spacial score (nSPS) is 12.4. The zero-order chi connectivity index (χ0) is 65.0. The van der Waals surface area contributed by atoms with Gasteiger partial charge in [-0.25, -0.2) is 4.79 Å². The summed E-state index contributed by atoms with van der Waals surface area (Å²) in [7, 11) is 4.03. The third-order valence-corrected chi connectivity index (χ3v) is 16.6. The van der Waals surface area contributed by atoms with Crippen LogP contribution in [0, 0.1) is 18.8 Å². The van der Waals surface area contributed by atoms with Crippen LogP contribution in [-0.4, -0.2) is 98.3 Å². The fraction of sp³-hybridized carbons (Fsp3) is 0.292. The molecule has 0 heterocycles. The monoisotopic (exact) mass is 1310 g/mol. The van der Waals surface area contributed by atoms with E-state index >= 15 is 0 Å². The number of carbonyl (C=O) groups excluding carboxylic acids is 2. The summed E-state index contributed by atoms with van der Waals surface area (Å²) < 4.78 is 92.2. The molecule has 0 saturated heterocycles. The second-order valence-corrected chi connectivity index (χ2v) is 24.2. The predicted octanol–water partition coefficient (Wildman–Crippen LogP) is 18.1. The molecular weight excluding hydrogens is 1240 g/mol. The fourth-order valence-corrected chi connectivity index (χ4v) is 10.9. The van der Waals surface area contributed by atoms with Gasteiger partial charge in [-0.15, -0.1) is 0 Å². The molecule has 0 amide bonds. The number of halogens is 10. The number of carboxylic acid groups (broad SMARTS) is 1. The van der Waals surface area contributed by atoms with Gasteiger partial charge in [0.2, 0.25) is 11.6 Å². The molecule has 90 heavy (non-hydrogen) atoms. The van der Waals surface area contributed by atoms with E-state index in [2.05, 4.69) is 9.80 Å². The van der Waals surface area contributed by atoms with Crippen LogP contribution in [0.25, 0.3) is 0 Å². The Kier molecular flexibility index (Phi) is 26.4. The summed E-state index contributed by atoms with van der Waals surface area (Å²) in [5.74, 6) is -5.58. The Balaban J connectivity index is 0.000000256. The highest BCUT2D eigenvalue weighted by Gasteiger charge is 2.44. The maximum absolute atomic E-state index is 13.4. The van der Waals surface area contributed by atoms with Gasteiger partial charge in [-0.2, -0.15) is 26.3 Å². The zero-order valence-corrected chi connectivity index (χ0v) is 53.0. The van der Waals surface area contributed by atoms with Crippen molar-refractivity contribution in [1.29, 1.82) is 0 Å². The van der Waals surface area contributed by atoms with Crippen molar-refractivity contribution in [2.75, 3.05) is 53.5 Å². The molecule has 8 rings (SSSR count). The van der Waals surface area contributed by atoms with E-state index in [-0.39, 0.29) is 49.5 Å². The third kappa shape index (κ3) is 22.6. The first-order chi connectivity index (χ1) is 42.9. The lowest BCUT2D eigenvalue weighted by Crippen LogP contribution is -2.32. The lowest BCUT2D eigenvalue weighted by molar-refractivity contribution is -0.175. The first-order valence-electron chi connectivity index (χ1n) is 29.3. The molecule has 0 fully saturated rings. The number of ether oxygens (including phenoxy) is 2. The number of benzene rings is 8. The lowest BCUT2D eigenvalue weighted by atomic mass is 9.89. The molecule has 0 bridgehead atoms. The number of rotatable bonds is 29. The zero-order valence-electron chi connectivity index (χ0n) is 49.9. The number of alkyl halides is 6. The third-order valence-electron chi connectivity index (χ3n) is 15.6. The lowest BCUT2D eigenvalue weighted by Gasteiger charge is -2.25. The Morgan fingerprint density at radius 1 is 0.433 bits per heavy atom. The first kappa shape index (κ1) is 70.3. The molecule has 8 nitrogen and oxygen atoms in total. The summed E-state index contributed by atoms with van der Waals surface area (Å²) in [5.41, 5.74) is 8.50. The van der Waals surface area contributed by atoms with Gasteiger partial charge in [0.1, 0.15) is 24.7 Å². The quantitative estimate of drug-likeness (QED) is 0.0463. The van der Waals surface area contributed by atoms with Gasteiger partial charge in [0.05, 0.1) is 5.56 Å². The predicted molar refractivity (Wildman–Crippen MR) is 346 cm³/mol. The average Bonchev–Trinajstić information content (AvgIpc) is 1.70. The number of carboxylic acids is 1. The molecule has 0 spiro atoms. The number of aromatic carboxylic acids is 1. The Morgan fingerprint density at radius 2 is 0.722 bits per heavy atom. The molecule has 474 valence electrons. The van der Waals surface area contributed by atoms with E-state index < -0.39 is 41.7 Å². The van der Waals surface area contributed by atoms with Crippen molar-refractivity contribution >= 4 is 63.9 Å². The summed E-state index contributed by atoms with van der Waals surface area (Å²) in [6.07, 6.45) is -9.17. The van der Waals surface area contributed by atoms with E-state index in [0.717, 1.165) is 39.9 Å². The van der Waals surface area contributed by atoms with Gasteiger partial charge in [-0.05, 0) is 189 Å². The van der Waals surface area contributed by atoms with Crippen LogP contribution in [0.1, 0.15) is 85.1 Å². The van der Waals surface area contributed by atoms with Crippen molar-refractivity contribution in [3.05, 3.63) is 270 Å². The van der Waals surface area contributed by atoms with Crippen molar-refractivity contribution in [2.45, 2.75) is 69.6 Å². The Hall–Kier alpha value is -7.17. The van der Waals surface area contributed by atoms with Crippen LogP contribution in [0.5, 0.6) is 11.5 Å². The second kappa shape index (κ2) is 33.8. The van der Waals surface area contributed by atoms with E-state index in [9.17, 15) is 40.7 Å². The second-order valence-electron chi connectivity index (χ2n) is 22.4. The highest BCUT2D eigenvalue weighted by Crippen LogP contribution is 2.33. The van der Waals surface area contributed by atoms with Crippen molar-refractivity contribution in [3.8, 4) is 11.5 Å². The number of ketones is 2. The molecule has 0 radical (unpaired) electrons. The highest BCUT2D eigenvalue weighted by molar-refractivity contribution is 6.31. The van der Waals surface area contributed by atoms with Crippen molar-refractivity contribution in [3.63, 3.8) is 0 Å². The average molecular weight is 1320 g/mol. The van der Waals surface area contributed by atoms with Gasteiger partial charge in [-0.1, -0.05) is 161 Å². The highest BCUT2D eigenvalue weighted by atomic mass is 35.5. The number of aryl methyl sites for hydroxylation is 3. The Labute approximate surface area is 542 Å². The summed E-state index contributed by atoms with van der Waals surface area (Å²) in [4.78, 5) is 39.9. The molecule has 0 aliphatic carbocycles. The molecule has 18 heteroatoms. The number of carbonyl (C=O) groups is 3. The molecule has 0 aliphatic rings. The van der Waals surface area contributed by atoms with Gasteiger partial charge in [0.25, 0.3) is 0 Å². The topological polar surface area (TPSA) is 96.4 Å². The maximum atomic E-state index is 13.4. The molecule has 2 atom stereocenters. The van der Waals surface area contributed by atoms with Crippen LogP contribution >= 0.6 is 46.4 Å². The van der Waals surface area contributed by atoms with E-state index in [1.807, 2.05) is 142 Å². The van der Waals surface area contributed by atoms with Crippen LogP contribution in [0.4, 0.5) is 26.3 Å². The first-order valence-corrected chi connectivity index (χ1v) is 30.8. The molecule has 1 N–H and O–H groups in total. The largest absolute Gasteiger partial charge is 0.492 e. The number of Topliss-reactive ketones (excluding diaryl/α,β-unsaturated/α-hetero) is 2. The van der Waals surface area contributed by atoms with E-state index in [4.69, 9.17) is 61.0 Å². The van der Waals surface area contributed by atoms with Gasteiger partial charge in [0, 0.05) is 69.9 Å². The molecular formula is C72H70Cl4F6N2O6. The summed E-state index contributed by atoms with van der Waals surface area (Å²) in [6.45, 7) is 5.49. The summed E-state index contributed by atoms with van der Waals surface area (Å²) >= 11 is 24.5. The van der Waals surface area contributed by atoms with E-state index in [1.165, 1.54) is 12.1 Å². The number of hydrogen-bond donors (Lipinski definition) is 1. The van der Waals surface area contributed by atoms with Gasteiger partial charge in [0.15, 0.2) is 0 Å². The van der Waals surface area contributed by atoms with Gasteiger partial charge < -0.3 is 24.4 Å². The minimum absolute atomic E-state index is 0.0179. The van der Waals surface area contributed by atoms with E-state index in [1.54, 1.807) is 60.7 Å². The van der Waals surface area contributed by atoms with Crippen LogP contribution in [0.3, 0.4) is 0 Å². The van der Waals surface area contributed by atoms with Crippen LogP contribution < -0.4 is 9.47 Å². The molecule has 8 aromatic rings. The number of nitrogens with zero attached hydrogens (tertiary/aromatic N) is 2. The Bertz CT molecular complexity index is 3430. The molecule has 0 saturated carbocycles. The maximum Gasteiger partial charge on any atom is 0.450 e.